The zero-order chi connectivity index (χ0) is 13.7. The van der Waals surface area contributed by atoms with Gasteiger partial charge in [0, 0.05) is 11.1 Å². The van der Waals surface area contributed by atoms with Crippen molar-refractivity contribution in [3.8, 4) is 0 Å². The number of ketones is 1. The summed E-state index contributed by atoms with van der Waals surface area (Å²) in [7, 11) is 0. The van der Waals surface area contributed by atoms with Crippen molar-refractivity contribution in [2.75, 3.05) is 5.75 Å². The number of hydrogen-bond acceptors (Lipinski definition) is 2. The Kier molecular flexibility index (Phi) is 4.77. The fourth-order valence-electron chi connectivity index (χ4n) is 1.78. The summed E-state index contributed by atoms with van der Waals surface area (Å²) in [5, 5.41) is 0. The highest BCUT2D eigenvalue weighted by molar-refractivity contribution is 7.91. The third-order valence-electron chi connectivity index (χ3n) is 2.84. The van der Waals surface area contributed by atoms with Crippen LogP contribution in [-0.2, 0) is 16.9 Å². The van der Waals surface area contributed by atoms with Crippen LogP contribution in [0.2, 0.25) is 0 Å². The minimum Gasteiger partial charge on any atom is -0.616 e. The average molecular weight is 272 g/mol. The lowest BCUT2D eigenvalue weighted by Crippen LogP contribution is -2.18. The Hall–Kier alpha value is -1.58. The van der Waals surface area contributed by atoms with Crippen LogP contribution in [0.5, 0.6) is 0 Å². The van der Waals surface area contributed by atoms with Gasteiger partial charge >= 0.3 is 0 Å². The summed E-state index contributed by atoms with van der Waals surface area (Å²) in [6.07, 6.45) is 0. The Balaban J connectivity index is 1.93. The smallest absolute Gasteiger partial charge is 0.211 e. The molecule has 0 aliphatic rings. The number of carbonyl (C=O) groups excluding carboxylic acids is 1. The number of aryl methyl sites for hydroxylation is 1. The second kappa shape index (κ2) is 6.55. The van der Waals surface area contributed by atoms with E-state index in [1.54, 1.807) is 12.1 Å². The molecule has 2 nitrogen and oxygen atoms in total. The zero-order valence-electron chi connectivity index (χ0n) is 10.8. The third-order valence-corrected chi connectivity index (χ3v) is 4.08. The molecule has 2 aromatic rings. The molecule has 0 aromatic heterocycles. The molecule has 0 fully saturated rings. The van der Waals surface area contributed by atoms with Crippen molar-refractivity contribution in [1.82, 2.24) is 0 Å². The van der Waals surface area contributed by atoms with Crippen LogP contribution in [0, 0.1) is 6.92 Å². The minimum atomic E-state index is -1.16. The Labute approximate surface area is 116 Å². The van der Waals surface area contributed by atoms with Gasteiger partial charge in [0.25, 0.3) is 0 Å². The second-order valence-corrected chi connectivity index (χ2v) is 5.96. The summed E-state index contributed by atoms with van der Waals surface area (Å²) >= 11 is -1.16. The number of carbonyl (C=O) groups is 1. The van der Waals surface area contributed by atoms with E-state index in [2.05, 4.69) is 0 Å². The summed E-state index contributed by atoms with van der Waals surface area (Å²) in [5.41, 5.74) is 2.74. The molecule has 0 amide bonds. The molecule has 0 spiro atoms. The van der Waals surface area contributed by atoms with Gasteiger partial charge in [0.05, 0.1) is 0 Å². The summed E-state index contributed by atoms with van der Waals surface area (Å²) in [6, 6.07) is 17.0. The Morgan fingerprint density at radius 1 is 1.05 bits per heavy atom. The first-order chi connectivity index (χ1) is 9.15. The van der Waals surface area contributed by atoms with E-state index in [1.807, 2.05) is 49.4 Å². The second-order valence-electron chi connectivity index (χ2n) is 4.50. The number of hydrogen-bond donors (Lipinski definition) is 0. The van der Waals surface area contributed by atoms with Crippen LogP contribution in [0.25, 0.3) is 0 Å². The van der Waals surface area contributed by atoms with Crippen molar-refractivity contribution >= 4 is 17.0 Å². The van der Waals surface area contributed by atoms with E-state index < -0.39 is 11.2 Å². The van der Waals surface area contributed by atoms with Gasteiger partial charge in [0.15, 0.2) is 5.75 Å². The lowest BCUT2D eigenvalue weighted by atomic mass is 10.1. The van der Waals surface area contributed by atoms with Gasteiger partial charge in [-0.15, -0.1) is 0 Å². The van der Waals surface area contributed by atoms with Gasteiger partial charge in [0.1, 0.15) is 5.75 Å². The van der Waals surface area contributed by atoms with Crippen LogP contribution in [0.1, 0.15) is 21.5 Å². The number of Topliss-reactive ketones (excluding diaryl/α,β-unsaturated/α-hetero) is 1. The molecule has 98 valence electrons. The first-order valence-electron chi connectivity index (χ1n) is 6.14. The zero-order valence-corrected chi connectivity index (χ0v) is 11.7. The quantitative estimate of drug-likeness (QED) is 0.619. The van der Waals surface area contributed by atoms with Crippen LogP contribution in [0.4, 0.5) is 0 Å². The number of benzene rings is 2. The van der Waals surface area contributed by atoms with Crippen LogP contribution in [-0.4, -0.2) is 16.1 Å². The fraction of sp³-hybridized carbons (Fsp3) is 0.188. The maximum atomic E-state index is 12.0. The molecule has 19 heavy (non-hydrogen) atoms. The van der Waals surface area contributed by atoms with Crippen LogP contribution in [0.15, 0.2) is 54.6 Å². The van der Waals surface area contributed by atoms with Crippen LogP contribution < -0.4 is 0 Å². The van der Waals surface area contributed by atoms with Crippen molar-refractivity contribution in [1.29, 1.82) is 0 Å². The molecule has 0 saturated heterocycles. The standard InChI is InChI=1S/C16H16O2S/c1-13-7-9-15(10-8-13)16(17)12-19(18)11-14-5-3-2-4-6-14/h2-10H,11-12H2,1H3. The van der Waals surface area contributed by atoms with Crippen LogP contribution in [0.3, 0.4) is 0 Å². The van der Waals surface area contributed by atoms with Gasteiger partial charge in [-0.2, -0.15) is 0 Å². The maximum absolute atomic E-state index is 12.0. The molecule has 3 heteroatoms. The summed E-state index contributed by atoms with van der Waals surface area (Å²) in [5.74, 6) is 0.449. The molecule has 2 aromatic carbocycles. The Bertz CT molecular complexity index is 534. The van der Waals surface area contributed by atoms with Gasteiger partial charge in [-0.05, 0) is 18.1 Å². The largest absolute Gasteiger partial charge is 0.616 e. The summed E-state index contributed by atoms with van der Waals surface area (Å²) in [6.45, 7) is 1.97. The monoisotopic (exact) mass is 272 g/mol. The molecule has 0 bridgehead atoms. The molecule has 0 N–H and O–H groups in total. The van der Waals surface area contributed by atoms with E-state index in [-0.39, 0.29) is 11.5 Å². The highest BCUT2D eigenvalue weighted by Gasteiger charge is 2.15. The summed E-state index contributed by atoms with van der Waals surface area (Å²) < 4.78 is 12.0. The number of rotatable bonds is 5. The molecule has 0 radical (unpaired) electrons. The summed E-state index contributed by atoms with van der Waals surface area (Å²) in [4.78, 5) is 12.0. The molecule has 0 heterocycles. The normalized spacial score (nSPS) is 12.1. The van der Waals surface area contributed by atoms with E-state index in [0.717, 1.165) is 11.1 Å². The molecular weight excluding hydrogens is 256 g/mol. The molecule has 0 saturated carbocycles. The fourth-order valence-corrected chi connectivity index (χ4v) is 2.91. The molecular formula is C16H16O2S. The third kappa shape index (κ3) is 4.23. The first kappa shape index (κ1) is 13.8. The SMILES string of the molecule is Cc1ccc(C(=O)C[S+]([O-])Cc2ccccc2)cc1. The first-order valence-corrected chi connectivity index (χ1v) is 7.63. The van der Waals surface area contributed by atoms with Gasteiger partial charge in [0.2, 0.25) is 5.78 Å². The molecule has 2 rings (SSSR count). The average Bonchev–Trinajstić information content (AvgIpc) is 2.40. The van der Waals surface area contributed by atoms with E-state index in [9.17, 15) is 9.35 Å². The van der Waals surface area contributed by atoms with Crippen molar-refractivity contribution in [3.05, 3.63) is 71.3 Å². The maximum Gasteiger partial charge on any atom is 0.211 e. The highest BCUT2D eigenvalue weighted by Crippen LogP contribution is 2.10. The van der Waals surface area contributed by atoms with Crippen molar-refractivity contribution in [2.24, 2.45) is 0 Å². The van der Waals surface area contributed by atoms with Crippen molar-refractivity contribution < 1.29 is 9.35 Å². The van der Waals surface area contributed by atoms with E-state index >= 15 is 0 Å². The van der Waals surface area contributed by atoms with Gasteiger partial charge in [-0.25, -0.2) is 0 Å². The lowest BCUT2D eigenvalue weighted by molar-refractivity contribution is 0.102. The van der Waals surface area contributed by atoms with E-state index in [1.165, 1.54) is 0 Å². The minimum absolute atomic E-state index is 0.0609. The van der Waals surface area contributed by atoms with Crippen molar-refractivity contribution in [3.63, 3.8) is 0 Å². The Morgan fingerprint density at radius 3 is 2.32 bits per heavy atom. The topological polar surface area (TPSA) is 40.1 Å². The molecule has 0 aliphatic carbocycles. The van der Waals surface area contributed by atoms with Crippen molar-refractivity contribution in [2.45, 2.75) is 12.7 Å². The Morgan fingerprint density at radius 2 is 1.68 bits per heavy atom. The lowest BCUT2D eigenvalue weighted by Gasteiger charge is -2.10. The van der Waals surface area contributed by atoms with E-state index in [0.29, 0.717) is 11.3 Å². The van der Waals surface area contributed by atoms with Gasteiger partial charge < -0.3 is 4.55 Å². The van der Waals surface area contributed by atoms with Crippen LogP contribution >= 0.6 is 0 Å². The predicted octanol–water partition coefficient (Wildman–Crippen LogP) is 3.13. The predicted molar refractivity (Wildman–Crippen MR) is 78.7 cm³/mol. The molecule has 1 atom stereocenters. The van der Waals surface area contributed by atoms with Gasteiger partial charge in [-0.3, -0.25) is 4.79 Å². The van der Waals surface area contributed by atoms with E-state index in [4.69, 9.17) is 0 Å². The molecule has 0 aliphatic heterocycles. The molecule has 1 unspecified atom stereocenters. The highest BCUT2D eigenvalue weighted by atomic mass is 32.2. The van der Waals surface area contributed by atoms with Gasteiger partial charge in [-0.1, -0.05) is 60.2 Å².